The van der Waals surface area contributed by atoms with Crippen LogP contribution in [0.15, 0.2) is 24.3 Å². The molecule has 0 amide bonds. The molecule has 0 heterocycles. The van der Waals surface area contributed by atoms with Crippen LogP contribution in [0.4, 0.5) is 0 Å². The number of ether oxygens (including phenoxy) is 1. The van der Waals surface area contributed by atoms with Crippen LogP contribution in [-0.2, 0) is 16.1 Å². The molecule has 4 heteroatoms. The van der Waals surface area contributed by atoms with E-state index in [2.05, 4.69) is 6.92 Å². The van der Waals surface area contributed by atoms with Crippen LogP contribution in [0.3, 0.4) is 0 Å². The average Bonchev–Trinajstić information content (AvgIpc) is 2.32. The van der Waals surface area contributed by atoms with E-state index in [0.29, 0.717) is 19.7 Å². The van der Waals surface area contributed by atoms with Crippen molar-refractivity contribution in [1.29, 1.82) is 0 Å². The first-order chi connectivity index (χ1) is 8.65. The van der Waals surface area contributed by atoms with Crippen LogP contribution in [0.25, 0.3) is 0 Å². The first kappa shape index (κ1) is 14.5. The quantitative estimate of drug-likeness (QED) is 0.754. The minimum absolute atomic E-state index is 0.190. The van der Waals surface area contributed by atoms with Gasteiger partial charge >= 0.3 is 5.97 Å². The molecule has 0 saturated carbocycles. The van der Waals surface area contributed by atoms with Crippen molar-refractivity contribution in [1.82, 2.24) is 4.90 Å². The fourth-order valence-electron chi connectivity index (χ4n) is 1.78. The zero-order valence-electron chi connectivity index (χ0n) is 11.1. The molecule has 1 aromatic rings. The second-order valence-corrected chi connectivity index (χ2v) is 4.18. The summed E-state index contributed by atoms with van der Waals surface area (Å²) in [7, 11) is 0. The third-order valence-corrected chi connectivity index (χ3v) is 2.54. The molecule has 0 atom stereocenters. The highest BCUT2D eigenvalue weighted by molar-refractivity contribution is 5.71. The Morgan fingerprint density at radius 2 is 1.94 bits per heavy atom. The number of carbonyl (C=O) groups excluding carboxylic acids is 1. The predicted octanol–water partition coefficient (Wildman–Crippen LogP) is 2.17. The van der Waals surface area contributed by atoms with Crippen LogP contribution in [-0.4, -0.2) is 35.7 Å². The summed E-state index contributed by atoms with van der Waals surface area (Å²) in [4.78, 5) is 13.5. The van der Waals surface area contributed by atoms with Crippen LogP contribution in [0.5, 0.6) is 5.75 Å². The lowest BCUT2D eigenvalue weighted by Gasteiger charge is -2.20. The fourth-order valence-corrected chi connectivity index (χ4v) is 1.78. The van der Waals surface area contributed by atoms with Crippen molar-refractivity contribution in [2.75, 3.05) is 19.7 Å². The standard InChI is InChI=1S/C14H21NO3/c1-3-9-15(11-14(17)18-4-2)10-12-5-7-13(16)8-6-12/h5-8,16H,3-4,9-11H2,1-2H3. The SMILES string of the molecule is CCCN(CC(=O)OCC)Cc1ccc(O)cc1. The van der Waals surface area contributed by atoms with Gasteiger partial charge in [-0.25, -0.2) is 0 Å². The number of carbonyl (C=O) groups is 1. The summed E-state index contributed by atoms with van der Waals surface area (Å²) in [5.74, 6) is 0.0657. The van der Waals surface area contributed by atoms with Gasteiger partial charge in [0.1, 0.15) is 5.75 Å². The molecular weight excluding hydrogens is 230 g/mol. The molecule has 0 saturated heterocycles. The first-order valence-electron chi connectivity index (χ1n) is 6.31. The molecule has 0 spiro atoms. The number of benzene rings is 1. The van der Waals surface area contributed by atoms with Crippen molar-refractivity contribution in [3.05, 3.63) is 29.8 Å². The summed E-state index contributed by atoms with van der Waals surface area (Å²) in [5, 5.41) is 9.22. The molecule has 4 nitrogen and oxygen atoms in total. The third-order valence-electron chi connectivity index (χ3n) is 2.54. The van der Waals surface area contributed by atoms with E-state index in [4.69, 9.17) is 4.74 Å². The van der Waals surface area contributed by atoms with E-state index in [0.717, 1.165) is 18.5 Å². The number of esters is 1. The van der Waals surface area contributed by atoms with Gasteiger partial charge in [0.15, 0.2) is 0 Å². The highest BCUT2D eigenvalue weighted by atomic mass is 16.5. The number of nitrogens with zero attached hydrogens (tertiary/aromatic N) is 1. The normalized spacial score (nSPS) is 10.6. The van der Waals surface area contributed by atoms with Crippen molar-refractivity contribution < 1.29 is 14.6 Å². The molecular formula is C14H21NO3. The van der Waals surface area contributed by atoms with E-state index in [-0.39, 0.29) is 11.7 Å². The Bertz CT molecular complexity index is 362. The van der Waals surface area contributed by atoms with Gasteiger partial charge in [-0.15, -0.1) is 0 Å². The number of hydrogen-bond acceptors (Lipinski definition) is 4. The number of hydrogen-bond donors (Lipinski definition) is 1. The van der Waals surface area contributed by atoms with Crippen molar-refractivity contribution in [3.8, 4) is 5.75 Å². The molecule has 1 rings (SSSR count). The highest BCUT2D eigenvalue weighted by Gasteiger charge is 2.11. The van der Waals surface area contributed by atoms with Gasteiger partial charge in [0.05, 0.1) is 13.2 Å². The van der Waals surface area contributed by atoms with E-state index >= 15 is 0 Å². The summed E-state index contributed by atoms with van der Waals surface area (Å²) < 4.78 is 4.95. The summed E-state index contributed by atoms with van der Waals surface area (Å²) in [6, 6.07) is 7.04. The lowest BCUT2D eigenvalue weighted by Crippen LogP contribution is -2.31. The summed E-state index contributed by atoms with van der Waals surface area (Å²) >= 11 is 0. The lowest BCUT2D eigenvalue weighted by molar-refractivity contribution is -0.144. The number of aromatic hydroxyl groups is 1. The average molecular weight is 251 g/mol. The Labute approximate surface area is 108 Å². The fraction of sp³-hybridized carbons (Fsp3) is 0.500. The monoisotopic (exact) mass is 251 g/mol. The van der Waals surface area contributed by atoms with E-state index in [1.54, 1.807) is 12.1 Å². The van der Waals surface area contributed by atoms with Crippen molar-refractivity contribution in [2.24, 2.45) is 0 Å². The van der Waals surface area contributed by atoms with E-state index in [1.165, 1.54) is 0 Å². The molecule has 0 unspecified atom stereocenters. The zero-order chi connectivity index (χ0) is 13.4. The Morgan fingerprint density at radius 3 is 2.50 bits per heavy atom. The summed E-state index contributed by atoms with van der Waals surface area (Å²) in [6.07, 6.45) is 0.984. The summed E-state index contributed by atoms with van der Waals surface area (Å²) in [6.45, 7) is 6.14. The molecule has 0 bridgehead atoms. The minimum Gasteiger partial charge on any atom is -0.508 e. The van der Waals surface area contributed by atoms with Crippen LogP contribution < -0.4 is 0 Å². The lowest BCUT2D eigenvalue weighted by atomic mass is 10.2. The minimum atomic E-state index is -0.190. The topological polar surface area (TPSA) is 49.8 Å². The second kappa shape index (κ2) is 7.71. The molecule has 1 aromatic carbocycles. The molecule has 0 aromatic heterocycles. The molecule has 1 N–H and O–H groups in total. The van der Waals surface area contributed by atoms with Crippen LogP contribution in [0.1, 0.15) is 25.8 Å². The van der Waals surface area contributed by atoms with E-state index in [1.807, 2.05) is 24.0 Å². The molecule has 0 aliphatic heterocycles. The van der Waals surface area contributed by atoms with Gasteiger partial charge in [0.25, 0.3) is 0 Å². The van der Waals surface area contributed by atoms with Crippen LogP contribution in [0.2, 0.25) is 0 Å². The molecule has 18 heavy (non-hydrogen) atoms. The second-order valence-electron chi connectivity index (χ2n) is 4.18. The van der Waals surface area contributed by atoms with E-state index < -0.39 is 0 Å². The van der Waals surface area contributed by atoms with Gasteiger partial charge in [-0.2, -0.15) is 0 Å². The molecule has 0 radical (unpaired) electrons. The van der Waals surface area contributed by atoms with Crippen molar-refractivity contribution in [3.63, 3.8) is 0 Å². The third kappa shape index (κ3) is 5.19. The number of phenolic OH excluding ortho intramolecular Hbond substituents is 1. The van der Waals surface area contributed by atoms with Gasteiger partial charge in [-0.3, -0.25) is 9.69 Å². The maximum atomic E-state index is 11.5. The van der Waals surface area contributed by atoms with Crippen LogP contribution in [0, 0.1) is 0 Å². The van der Waals surface area contributed by atoms with Gasteiger partial charge < -0.3 is 9.84 Å². The first-order valence-corrected chi connectivity index (χ1v) is 6.31. The zero-order valence-corrected chi connectivity index (χ0v) is 11.1. The molecule has 100 valence electrons. The predicted molar refractivity (Wildman–Crippen MR) is 70.3 cm³/mol. The van der Waals surface area contributed by atoms with Gasteiger partial charge in [0.2, 0.25) is 0 Å². The summed E-state index contributed by atoms with van der Waals surface area (Å²) in [5.41, 5.74) is 1.07. The van der Waals surface area contributed by atoms with Gasteiger partial charge in [-0.05, 0) is 37.6 Å². The van der Waals surface area contributed by atoms with Crippen molar-refractivity contribution >= 4 is 5.97 Å². The Hall–Kier alpha value is -1.55. The van der Waals surface area contributed by atoms with Gasteiger partial charge in [-0.1, -0.05) is 19.1 Å². The van der Waals surface area contributed by atoms with Gasteiger partial charge in [0, 0.05) is 6.54 Å². The smallest absolute Gasteiger partial charge is 0.320 e. The Kier molecular flexibility index (Phi) is 6.22. The highest BCUT2D eigenvalue weighted by Crippen LogP contribution is 2.12. The van der Waals surface area contributed by atoms with Crippen molar-refractivity contribution in [2.45, 2.75) is 26.8 Å². The largest absolute Gasteiger partial charge is 0.508 e. The maximum Gasteiger partial charge on any atom is 0.320 e. The number of phenols is 1. The molecule has 0 aliphatic carbocycles. The van der Waals surface area contributed by atoms with E-state index in [9.17, 15) is 9.90 Å². The maximum absolute atomic E-state index is 11.5. The molecule has 0 fully saturated rings. The molecule has 0 aliphatic rings. The van der Waals surface area contributed by atoms with Crippen LogP contribution >= 0.6 is 0 Å². The number of rotatable bonds is 7. The Morgan fingerprint density at radius 1 is 1.28 bits per heavy atom. The Balaban J connectivity index is 2.56.